The Hall–Kier alpha value is -1.94. The number of hydrogen-bond acceptors (Lipinski definition) is 15. The highest BCUT2D eigenvalue weighted by Gasteiger charge is 2.30. The fourth-order valence-corrected chi connectivity index (χ4v) is 12.2. The maximum atomic E-state index is 13.0. The highest BCUT2D eigenvalue weighted by Crippen LogP contribution is 2.45. The summed E-state index contributed by atoms with van der Waals surface area (Å²) in [6, 6.07) is 0. The van der Waals surface area contributed by atoms with Gasteiger partial charge in [-0.05, 0) is 49.4 Å². The zero-order chi connectivity index (χ0) is 66.8. The van der Waals surface area contributed by atoms with Crippen LogP contribution in [0.15, 0.2) is 0 Å². The summed E-state index contributed by atoms with van der Waals surface area (Å²) in [6.07, 6.45) is 43.2. The zero-order valence-corrected chi connectivity index (χ0v) is 60.6. The van der Waals surface area contributed by atoms with Gasteiger partial charge in [-0.25, -0.2) is 9.13 Å². The summed E-state index contributed by atoms with van der Waals surface area (Å²) in [6.45, 7) is 14.1. The first-order chi connectivity index (χ1) is 43.2. The molecule has 0 fully saturated rings. The Morgan fingerprint density at radius 1 is 0.311 bits per heavy atom. The first-order valence-corrected chi connectivity index (χ1v) is 39.8. The summed E-state index contributed by atoms with van der Waals surface area (Å²) in [5, 5.41) is 10.6. The predicted octanol–water partition coefficient (Wildman–Crippen LogP) is 20.1. The normalized spacial score (nSPS) is 14.9. The van der Waals surface area contributed by atoms with E-state index in [-0.39, 0.29) is 25.7 Å². The molecule has 0 amide bonds. The van der Waals surface area contributed by atoms with Gasteiger partial charge in [-0.15, -0.1) is 0 Å². The Morgan fingerprint density at radius 3 is 0.789 bits per heavy atom. The molecule has 0 saturated heterocycles. The van der Waals surface area contributed by atoms with E-state index in [9.17, 15) is 43.2 Å². The number of phosphoric acid groups is 2. The van der Waals surface area contributed by atoms with Gasteiger partial charge in [0.2, 0.25) is 0 Å². The Bertz CT molecular complexity index is 1790. The molecule has 7 atom stereocenters. The molecule has 0 aromatic carbocycles. The monoisotopic (exact) mass is 1320 g/mol. The molecule has 0 spiro atoms. The van der Waals surface area contributed by atoms with E-state index in [0.717, 1.165) is 108 Å². The van der Waals surface area contributed by atoms with Gasteiger partial charge in [0.05, 0.1) is 26.4 Å². The van der Waals surface area contributed by atoms with Crippen LogP contribution in [-0.2, 0) is 65.4 Å². The largest absolute Gasteiger partial charge is 0.472 e. The van der Waals surface area contributed by atoms with Crippen LogP contribution in [0.25, 0.3) is 0 Å². The van der Waals surface area contributed by atoms with Crippen molar-refractivity contribution in [1.82, 2.24) is 0 Å². The molecule has 17 nitrogen and oxygen atoms in total. The SMILES string of the molecule is CCC(C)CCCCCCCCCCCCCCCCC(=O)O[C@H](COC(=O)CCCCCCCCCC(C)C)COP(=O)(O)OCC(O)COP(=O)(O)OC[C@@H](COC(=O)CCCCCCCCCCC(C)CC)OC(=O)CCCCCCCCCC(C)C. The summed E-state index contributed by atoms with van der Waals surface area (Å²) in [4.78, 5) is 72.5. The van der Waals surface area contributed by atoms with Crippen molar-refractivity contribution in [3.05, 3.63) is 0 Å². The molecule has 0 radical (unpaired) electrons. The molecular formula is C71H138O17P2. The summed E-state index contributed by atoms with van der Waals surface area (Å²) in [7, 11) is -9.90. The van der Waals surface area contributed by atoms with Crippen molar-refractivity contribution in [1.29, 1.82) is 0 Å². The van der Waals surface area contributed by atoms with Gasteiger partial charge in [0.25, 0.3) is 0 Å². The van der Waals surface area contributed by atoms with E-state index in [1.807, 2.05) is 0 Å². The molecule has 0 aromatic heterocycles. The maximum Gasteiger partial charge on any atom is 0.472 e. The topological polar surface area (TPSA) is 237 Å². The van der Waals surface area contributed by atoms with E-state index >= 15 is 0 Å². The van der Waals surface area contributed by atoms with E-state index in [2.05, 4.69) is 55.4 Å². The molecule has 0 aliphatic rings. The first-order valence-electron chi connectivity index (χ1n) is 36.8. The lowest BCUT2D eigenvalue weighted by Crippen LogP contribution is -2.30. The van der Waals surface area contributed by atoms with Gasteiger partial charge in [0.1, 0.15) is 19.3 Å². The molecule has 534 valence electrons. The third kappa shape index (κ3) is 62.2. The lowest BCUT2D eigenvalue weighted by atomic mass is 9.99. The van der Waals surface area contributed by atoms with Crippen molar-refractivity contribution < 1.29 is 80.2 Å². The Balaban J connectivity index is 5.22. The molecular weight excluding hydrogens is 1190 g/mol. The van der Waals surface area contributed by atoms with Crippen LogP contribution in [0.4, 0.5) is 0 Å². The van der Waals surface area contributed by atoms with Crippen molar-refractivity contribution in [2.24, 2.45) is 23.7 Å². The average molecular weight is 1330 g/mol. The zero-order valence-electron chi connectivity index (χ0n) is 58.8. The number of carbonyl (C=O) groups excluding carboxylic acids is 4. The van der Waals surface area contributed by atoms with Gasteiger partial charge in [0, 0.05) is 25.7 Å². The number of ether oxygens (including phenoxy) is 4. The molecule has 0 rings (SSSR count). The van der Waals surface area contributed by atoms with Gasteiger partial charge in [-0.3, -0.25) is 37.3 Å². The molecule has 0 heterocycles. The number of rotatable bonds is 68. The van der Waals surface area contributed by atoms with Crippen molar-refractivity contribution in [3.63, 3.8) is 0 Å². The lowest BCUT2D eigenvalue weighted by Gasteiger charge is -2.21. The van der Waals surface area contributed by atoms with E-state index in [0.29, 0.717) is 37.5 Å². The number of hydrogen-bond donors (Lipinski definition) is 3. The molecule has 0 saturated carbocycles. The summed E-state index contributed by atoms with van der Waals surface area (Å²) in [5.74, 6) is 0.893. The Morgan fingerprint density at radius 2 is 0.533 bits per heavy atom. The minimum atomic E-state index is -4.95. The minimum Gasteiger partial charge on any atom is -0.462 e. The number of aliphatic hydroxyl groups is 1. The summed E-state index contributed by atoms with van der Waals surface area (Å²) >= 11 is 0. The third-order valence-corrected chi connectivity index (χ3v) is 18.9. The second kappa shape index (κ2) is 60.7. The number of phosphoric ester groups is 2. The first kappa shape index (κ1) is 88.1. The van der Waals surface area contributed by atoms with Crippen LogP contribution in [0, 0.1) is 23.7 Å². The number of esters is 4. The van der Waals surface area contributed by atoms with Crippen LogP contribution in [0.2, 0.25) is 0 Å². The second-order valence-electron chi connectivity index (χ2n) is 27.1. The van der Waals surface area contributed by atoms with E-state index in [4.69, 9.17) is 37.0 Å². The van der Waals surface area contributed by atoms with Gasteiger partial charge in [0.15, 0.2) is 12.2 Å². The van der Waals surface area contributed by atoms with Crippen molar-refractivity contribution in [3.8, 4) is 0 Å². The number of aliphatic hydroxyl groups excluding tert-OH is 1. The van der Waals surface area contributed by atoms with Gasteiger partial charge >= 0.3 is 39.5 Å². The van der Waals surface area contributed by atoms with Crippen LogP contribution >= 0.6 is 15.6 Å². The van der Waals surface area contributed by atoms with Gasteiger partial charge in [-0.1, -0.05) is 299 Å². The van der Waals surface area contributed by atoms with Crippen molar-refractivity contribution in [2.75, 3.05) is 39.6 Å². The van der Waals surface area contributed by atoms with Crippen LogP contribution in [-0.4, -0.2) is 96.7 Å². The van der Waals surface area contributed by atoms with E-state index < -0.39 is 97.5 Å². The standard InChI is InChI=1S/C71H138O17P2/c1-9-63(7)49-41-33-25-17-15-13-11-12-14-16-18-28-37-45-53-70(75)87-66(58-82-69(74)52-44-36-29-21-23-31-39-47-61(3)4)59-85-89(77,78)83-55-65(72)56-84-90(79,80)86-60-67(88-71(76)54-46-38-30-22-24-32-40-48-62(5)6)57-81-68(73)51-43-35-27-20-19-26-34-42-50-64(8)10-2/h61-67,72H,9-60H2,1-8H3,(H,77,78)(H,79,80)/t63?,64?,65?,66-,67-/m1/s1. The lowest BCUT2D eigenvalue weighted by molar-refractivity contribution is -0.161. The molecule has 5 unspecified atom stereocenters. The van der Waals surface area contributed by atoms with Crippen LogP contribution < -0.4 is 0 Å². The average Bonchev–Trinajstić information content (AvgIpc) is 2.91. The van der Waals surface area contributed by atoms with Crippen LogP contribution in [0.3, 0.4) is 0 Å². The highest BCUT2D eigenvalue weighted by molar-refractivity contribution is 7.47. The second-order valence-corrected chi connectivity index (χ2v) is 30.0. The molecule has 3 N–H and O–H groups in total. The van der Waals surface area contributed by atoms with Gasteiger partial charge < -0.3 is 33.8 Å². The fraction of sp³-hybridized carbons (Fsp3) is 0.944. The summed E-state index contributed by atoms with van der Waals surface area (Å²) < 4.78 is 68.3. The molecule has 0 aliphatic carbocycles. The maximum absolute atomic E-state index is 13.0. The highest BCUT2D eigenvalue weighted by atomic mass is 31.2. The Labute approximate surface area is 549 Å². The predicted molar refractivity (Wildman–Crippen MR) is 363 cm³/mol. The van der Waals surface area contributed by atoms with Crippen LogP contribution in [0.5, 0.6) is 0 Å². The Kier molecular flexibility index (Phi) is 59.4. The molecule has 0 aliphatic heterocycles. The van der Waals surface area contributed by atoms with Crippen molar-refractivity contribution in [2.45, 2.75) is 369 Å². The fourth-order valence-electron chi connectivity index (χ4n) is 10.6. The molecule has 90 heavy (non-hydrogen) atoms. The van der Waals surface area contributed by atoms with Crippen LogP contribution in [0.1, 0.15) is 351 Å². The smallest absolute Gasteiger partial charge is 0.462 e. The van der Waals surface area contributed by atoms with E-state index in [1.165, 1.54) is 148 Å². The van der Waals surface area contributed by atoms with Crippen molar-refractivity contribution >= 4 is 39.5 Å². The minimum absolute atomic E-state index is 0.102. The van der Waals surface area contributed by atoms with E-state index in [1.54, 1.807) is 0 Å². The third-order valence-electron chi connectivity index (χ3n) is 17.0. The quantitative estimate of drug-likeness (QED) is 0.0222. The van der Waals surface area contributed by atoms with Gasteiger partial charge in [-0.2, -0.15) is 0 Å². The number of carbonyl (C=O) groups is 4. The molecule has 19 heteroatoms. The number of unbranched alkanes of at least 4 members (excludes halogenated alkanes) is 32. The molecule has 0 aromatic rings. The molecule has 0 bridgehead atoms. The summed E-state index contributed by atoms with van der Waals surface area (Å²) in [5.41, 5.74) is 0.